The largest absolute Gasteiger partial charge is 0.339 e. The number of aromatic nitrogens is 4. The van der Waals surface area contributed by atoms with Crippen molar-refractivity contribution in [1.82, 2.24) is 18.7 Å². The lowest BCUT2D eigenvalue weighted by molar-refractivity contribution is 0.391. The third-order valence-corrected chi connectivity index (χ3v) is 5.69. The average molecular weight is 357 g/mol. The Hall–Kier alpha value is -2.31. The van der Waals surface area contributed by atoms with Crippen LogP contribution in [-0.4, -0.2) is 31.3 Å². The van der Waals surface area contributed by atoms with Gasteiger partial charge in [-0.05, 0) is 26.2 Å². The molecule has 1 aliphatic heterocycles. The summed E-state index contributed by atoms with van der Waals surface area (Å²) in [5.41, 5.74) is 1.24. The highest BCUT2D eigenvalue weighted by Gasteiger charge is 2.30. The van der Waals surface area contributed by atoms with E-state index in [9.17, 15) is 9.59 Å². The number of aryl methyl sites for hydroxylation is 2. The third-order valence-electron chi connectivity index (χ3n) is 5.69. The van der Waals surface area contributed by atoms with Crippen LogP contribution in [0.1, 0.15) is 45.4 Å². The van der Waals surface area contributed by atoms with Crippen LogP contribution in [0.4, 0.5) is 5.95 Å². The first-order chi connectivity index (χ1) is 12.5. The fourth-order valence-electron chi connectivity index (χ4n) is 4.44. The minimum atomic E-state index is -0.329. The van der Waals surface area contributed by atoms with E-state index < -0.39 is 0 Å². The van der Waals surface area contributed by atoms with Crippen molar-refractivity contribution in [2.75, 3.05) is 11.4 Å². The SMILES string of the molecule is C=C(C)Cn1c(=O)c2c(nc3n2CCCN3C2CCCCC2)n(C)c1=O. The molecule has 3 heterocycles. The molecule has 0 atom stereocenters. The van der Waals surface area contributed by atoms with Crippen molar-refractivity contribution >= 4 is 17.1 Å². The molecule has 26 heavy (non-hydrogen) atoms. The molecular weight excluding hydrogens is 330 g/mol. The van der Waals surface area contributed by atoms with Crippen LogP contribution in [0.3, 0.4) is 0 Å². The van der Waals surface area contributed by atoms with Gasteiger partial charge in [0, 0.05) is 26.2 Å². The van der Waals surface area contributed by atoms with E-state index in [4.69, 9.17) is 4.98 Å². The lowest BCUT2D eigenvalue weighted by Crippen LogP contribution is -2.42. The Morgan fingerprint density at radius 2 is 1.88 bits per heavy atom. The van der Waals surface area contributed by atoms with Gasteiger partial charge in [0.05, 0.1) is 6.54 Å². The van der Waals surface area contributed by atoms with Gasteiger partial charge in [-0.1, -0.05) is 31.4 Å². The molecule has 2 aromatic heterocycles. The van der Waals surface area contributed by atoms with Gasteiger partial charge in [-0.2, -0.15) is 4.98 Å². The summed E-state index contributed by atoms with van der Waals surface area (Å²) in [6.45, 7) is 7.67. The molecule has 0 radical (unpaired) electrons. The van der Waals surface area contributed by atoms with E-state index in [0.717, 1.165) is 31.0 Å². The molecule has 2 aromatic rings. The van der Waals surface area contributed by atoms with Crippen LogP contribution in [0, 0.1) is 0 Å². The summed E-state index contributed by atoms with van der Waals surface area (Å²) in [5, 5.41) is 0. The van der Waals surface area contributed by atoms with Crippen molar-refractivity contribution in [1.29, 1.82) is 0 Å². The second-order valence-corrected chi connectivity index (χ2v) is 7.76. The van der Waals surface area contributed by atoms with Crippen LogP contribution in [0.2, 0.25) is 0 Å². The molecule has 0 N–H and O–H groups in total. The third kappa shape index (κ3) is 2.61. The van der Waals surface area contributed by atoms with Crippen LogP contribution in [0.5, 0.6) is 0 Å². The molecule has 1 saturated carbocycles. The molecule has 0 aromatic carbocycles. The van der Waals surface area contributed by atoms with Gasteiger partial charge in [0.15, 0.2) is 11.2 Å². The Bertz CT molecular complexity index is 974. The van der Waals surface area contributed by atoms with Crippen LogP contribution >= 0.6 is 0 Å². The molecule has 7 heteroatoms. The van der Waals surface area contributed by atoms with Gasteiger partial charge in [-0.25, -0.2) is 4.79 Å². The summed E-state index contributed by atoms with van der Waals surface area (Å²) >= 11 is 0. The van der Waals surface area contributed by atoms with E-state index in [1.165, 1.54) is 41.2 Å². The van der Waals surface area contributed by atoms with Crippen LogP contribution in [-0.2, 0) is 20.1 Å². The highest BCUT2D eigenvalue weighted by Crippen LogP contribution is 2.31. The number of allylic oxidation sites excluding steroid dienone is 1. The summed E-state index contributed by atoms with van der Waals surface area (Å²) < 4.78 is 4.81. The minimum Gasteiger partial charge on any atom is -0.339 e. The summed E-state index contributed by atoms with van der Waals surface area (Å²) in [6.07, 6.45) is 7.18. The first-order valence-corrected chi connectivity index (χ1v) is 9.60. The number of rotatable bonds is 3. The van der Waals surface area contributed by atoms with E-state index in [2.05, 4.69) is 11.5 Å². The molecule has 0 spiro atoms. The van der Waals surface area contributed by atoms with Crippen molar-refractivity contribution in [2.24, 2.45) is 7.05 Å². The van der Waals surface area contributed by atoms with E-state index >= 15 is 0 Å². The van der Waals surface area contributed by atoms with Crippen LogP contribution < -0.4 is 16.1 Å². The number of nitrogens with zero attached hydrogens (tertiary/aromatic N) is 5. The van der Waals surface area contributed by atoms with Gasteiger partial charge in [0.25, 0.3) is 5.56 Å². The maximum Gasteiger partial charge on any atom is 0.332 e. The van der Waals surface area contributed by atoms with Gasteiger partial charge < -0.3 is 9.47 Å². The van der Waals surface area contributed by atoms with Crippen molar-refractivity contribution in [3.8, 4) is 0 Å². The van der Waals surface area contributed by atoms with E-state index in [0.29, 0.717) is 17.2 Å². The fourth-order valence-corrected chi connectivity index (χ4v) is 4.44. The lowest BCUT2D eigenvalue weighted by Gasteiger charge is -2.37. The number of hydrogen-bond donors (Lipinski definition) is 0. The van der Waals surface area contributed by atoms with Crippen molar-refractivity contribution in [3.05, 3.63) is 33.0 Å². The first-order valence-electron chi connectivity index (χ1n) is 9.60. The minimum absolute atomic E-state index is 0.244. The van der Waals surface area contributed by atoms with Crippen molar-refractivity contribution < 1.29 is 0 Å². The maximum absolute atomic E-state index is 13.1. The molecule has 4 rings (SSSR count). The predicted molar refractivity (Wildman–Crippen MR) is 103 cm³/mol. The predicted octanol–water partition coefficient (Wildman–Crippen LogP) is 2.02. The number of hydrogen-bond acceptors (Lipinski definition) is 4. The van der Waals surface area contributed by atoms with Crippen LogP contribution in [0.25, 0.3) is 11.2 Å². The van der Waals surface area contributed by atoms with Gasteiger partial charge in [0.1, 0.15) is 0 Å². The molecule has 0 bridgehead atoms. The molecule has 7 nitrogen and oxygen atoms in total. The average Bonchev–Trinajstić information content (AvgIpc) is 3.04. The lowest BCUT2D eigenvalue weighted by atomic mass is 9.94. The molecule has 1 fully saturated rings. The maximum atomic E-state index is 13.1. The monoisotopic (exact) mass is 357 g/mol. The van der Waals surface area contributed by atoms with Gasteiger partial charge in [-0.3, -0.25) is 13.9 Å². The Morgan fingerprint density at radius 1 is 1.15 bits per heavy atom. The highest BCUT2D eigenvalue weighted by molar-refractivity contribution is 5.75. The van der Waals surface area contributed by atoms with Crippen LogP contribution in [0.15, 0.2) is 21.7 Å². The number of fused-ring (bicyclic) bond motifs is 3. The highest BCUT2D eigenvalue weighted by atomic mass is 16.2. The van der Waals surface area contributed by atoms with Crippen molar-refractivity contribution in [2.45, 2.75) is 64.6 Å². The smallest absolute Gasteiger partial charge is 0.332 e. The van der Waals surface area contributed by atoms with E-state index in [-0.39, 0.29) is 17.8 Å². The number of imidazole rings is 1. The Labute approximate surface area is 152 Å². The molecular formula is C19H27N5O2. The van der Waals surface area contributed by atoms with E-state index in [1.54, 1.807) is 7.05 Å². The van der Waals surface area contributed by atoms with Crippen molar-refractivity contribution in [3.63, 3.8) is 0 Å². The summed E-state index contributed by atoms with van der Waals surface area (Å²) in [5.74, 6) is 0.860. The number of anilines is 1. The zero-order chi connectivity index (χ0) is 18.4. The summed E-state index contributed by atoms with van der Waals surface area (Å²) in [6, 6.07) is 0.495. The topological polar surface area (TPSA) is 65.1 Å². The Balaban J connectivity index is 1.91. The Morgan fingerprint density at radius 3 is 2.58 bits per heavy atom. The Kier molecular flexibility index (Phi) is 4.25. The molecule has 2 aliphatic rings. The van der Waals surface area contributed by atoms with Gasteiger partial charge in [0.2, 0.25) is 5.95 Å². The summed E-state index contributed by atoms with van der Waals surface area (Å²) in [7, 11) is 1.70. The molecule has 1 aliphatic carbocycles. The second kappa shape index (κ2) is 6.45. The van der Waals surface area contributed by atoms with E-state index in [1.807, 2.05) is 11.5 Å². The second-order valence-electron chi connectivity index (χ2n) is 7.76. The zero-order valence-corrected chi connectivity index (χ0v) is 15.7. The standard InChI is InChI=1S/C19H27N5O2/c1-13(2)12-24-17(25)15-16(21(3)19(24)26)20-18-22(10-7-11-23(15)18)14-8-5-4-6-9-14/h14H,1,4-12H2,2-3H3. The fraction of sp³-hybridized carbons (Fsp3) is 0.632. The molecule has 0 unspecified atom stereocenters. The normalized spacial score (nSPS) is 18.3. The van der Waals surface area contributed by atoms with Gasteiger partial charge >= 0.3 is 5.69 Å². The quantitative estimate of drug-likeness (QED) is 0.789. The summed E-state index contributed by atoms with van der Waals surface area (Å²) in [4.78, 5) is 32.9. The van der Waals surface area contributed by atoms with Gasteiger partial charge in [-0.15, -0.1) is 0 Å². The molecule has 0 amide bonds. The molecule has 0 saturated heterocycles. The first kappa shape index (κ1) is 17.1. The zero-order valence-electron chi connectivity index (χ0n) is 15.7. The molecule has 140 valence electrons.